The first kappa shape index (κ1) is 15.4. The SMILES string of the molecule is Cc1nnc2n1CC(C(N)=O)N(C(=O)c1cc(F)cc(Cl)c1)C2. The first-order valence-electron chi connectivity index (χ1n) is 6.82. The summed E-state index contributed by atoms with van der Waals surface area (Å²) >= 11 is 5.79. The molecule has 0 fully saturated rings. The van der Waals surface area contributed by atoms with Gasteiger partial charge in [0.2, 0.25) is 5.91 Å². The maximum Gasteiger partial charge on any atom is 0.255 e. The predicted molar refractivity (Wildman–Crippen MR) is 79.0 cm³/mol. The van der Waals surface area contributed by atoms with Crippen molar-refractivity contribution < 1.29 is 14.0 Å². The van der Waals surface area contributed by atoms with Gasteiger partial charge in [-0.05, 0) is 25.1 Å². The van der Waals surface area contributed by atoms with Gasteiger partial charge in [-0.2, -0.15) is 0 Å². The molecule has 2 heterocycles. The fourth-order valence-electron chi connectivity index (χ4n) is 2.61. The molecule has 1 unspecified atom stereocenters. The second kappa shape index (κ2) is 5.62. The van der Waals surface area contributed by atoms with E-state index in [1.807, 2.05) is 0 Å². The van der Waals surface area contributed by atoms with Gasteiger partial charge in [0.1, 0.15) is 17.7 Å². The quantitative estimate of drug-likeness (QED) is 0.880. The average molecular weight is 338 g/mol. The molecule has 2 amide bonds. The molecule has 1 aromatic heterocycles. The van der Waals surface area contributed by atoms with Gasteiger partial charge in [0.25, 0.3) is 5.91 Å². The van der Waals surface area contributed by atoms with Gasteiger partial charge in [0.05, 0.1) is 13.1 Å². The Morgan fingerprint density at radius 1 is 1.35 bits per heavy atom. The van der Waals surface area contributed by atoms with Crippen LogP contribution >= 0.6 is 11.6 Å². The van der Waals surface area contributed by atoms with Crippen molar-refractivity contribution >= 4 is 23.4 Å². The number of halogens is 2. The van der Waals surface area contributed by atoms with E-state index in [-0.39, 0.29) is 23.7 Å². The van der Waals surface area contributed by atoms with Crippen molar-refractivity contribution in [2.45, 2.75) is 26.1 Å². The predicted octanol–water partition coefficient (Wildman–Crippen LogP) is 0.889. The maximum absolute atomic E-state index is 13.5. The van der Waals surface area contributed by atoms with E-state index in [9.17, 15) is 14.0 Å². The summed E-state index contributed by atoms with van der Waals surface area (Å²) in [6.45, 7) is 1.97. The Morgan fingerprint density at radius 2 is 2.09 bits per heavy atom. The van der Waals surface area contributed by atoms with E-state index >= 15 is 0 Å². The number of nitrogens with two attached hydrogens (primary N) is 1. The zero-order valence-corrected chi connectivity index (χ0v) is 12.9. The minimum absolute atomic E-state index is 0.0472. The van der Waals surface area contributed by atoms with Crippen molar-refractivity contribution in [1.82, 2.24) is 19.7 Å². The smallest absolute Gasteiger partial charge is 0.255 e. The molecule has 1 aliphatic rings. The summed E-state index contributed by atoms with van der Waals surface area (Å²) in [6, 6.07) is 2.64. The van der Waals surface area contributed by atoms with Crippen molar-refractivity contribution in [3.8, 4) is 0 Å². The van der Waals surface area contributed by atoms with Crippen molar-refractivity contribution in [3.63, 3.8) is 0 Å². The zero-order valence-electron chi connectivity index (χ0n) is 12.2. The summed E-state index contributed by atoms with van der Waals surface area (Å²) in [5.74, 6) is -0.655. The molecule has 0 saturated carbocycles. The highest BCUT2D eigenvalue weighted by molar-refractivity contribution is 6.31. The van der Waals surface area contributed by atoms with Gasteiger partial charge in [-0.15, -0.1) is 10.2 Å². The van der Waals surface area contributed by atoms with Crippen LogP contribution in [0.15, 0.2) is 18.2 Å². The second-order valence-corrected chi connectivity index (χ2v) is 5.72. The van der Waals surface area contributed by atoms with Crippen LogP contribution in [-0.2, 0) is 17.9 Å². The van der Waals surface area contributed by atoms with Crippen LogP contribution in [0.3, 0.4) is 0 Å². The van der Waals surface area contributed by atoms with Crippen LogP contribution in [-0.4, -0.2) is 37.5 Å². The average Bonchev–Trinajstić information content (AvgIpc) is 2.85. The van der Waals surface area contributed by atoms with Crippen molar-refractivity contribution in [1.29, 1.82) is 0 Å². The number of hydrogen-bond donors (Lipinski definition) is 1. The van der Waals surface area contributed by atoms with Crippen molar-refractivity contribution in [2.75, 3.05) is 0 Å². The van der Waals surface area contributed by atoms with E-state index in [1.165, 1.54) is 11.0 Å². The van der Waals surface area contributed by atoms with Crippen LogP contribution in [0.1, 0.15) is 22.0 Å². The molecule has 0 radical (unpaired) electrons. The molecule has 7 nitrogen and oxygen atoms in total. The molecular weight excluding hydrogens is 325 g/mol. The Bertz CT molecular complexity index is 786. The number of fused-ring (bicyclic) bond motifs is 1. The van der Waals surface area contributed by atoms with Gasteiger partial charge >= 0.3 is 0 Å². The fraction of sp³-hybridized carbons (Fsp3) is 0.286. The van der Waals surface area contributed by atoms with Gasteiger partial charge in [-0.1, -0.05) is 11.6 Å². The largest absolute Gasteiger partial charge is 0.368 e. The summed E-state index contributed by atoms with van der Waals surface area (Å²) in [5, 5.41) is 8.00. The molecule has 1 aromatic carbocycles. The third-order valence-electron chi connectivity index (χ3n) is 3.75. The number of aromatic nitrogens is 3. The van der Waals surface area contributed by atoms with Crippen LogP contribution in [0.25, 0.3) is 0 Å². The molecule has 23 heavy (non-hydrogen) atoms. The topological polar surface area (TPSA) is 94.1 Å². The van der Waals surface area contributed by atoms with Crippen LogP contribution in [0.4, 0.5) is 4.39 Å². The standard InChI is InChI=1S/C14H13ClFN5O2/c1-7-18-19-12-6-21(11(13(17)22)5-20(7)12)14(23)8-2-9(15)4-10(16)3-8/h2-4,11H,5-6H2,1H3,(H2,17,22). The lowest BCUT2D eigenvalue weighted by molar-refractivity contribution is -0.123. The summed E-state index contributed by atoms with van der Waals surface area (Å²) in [7, 11) is 0. The third kappa shape index (κ3) is 2.77. The van der Waals surface area contributed by atoms with E-state index in [1.54, 1.807) is 11.5 Å². The monoisotopic (exact) mass is 337 g/mol. The highest BCUT2D eigenvalue weighted by Gasteiger charge is 2.35. The van der Waals surface area contributed by atoms with E-state index in [2.05, 4.69) is 10.2 Å². The molecule has 1 atom stereocenters. The van der Waals surface area contributed by atoms with E-state index in [0.717, 1.165) is 12.1 Å². The lowest BCUT2D eigenvalue weighted by atomic mass is 10.1. The molecule has 3 rings (SSSR count). The number of benzene rings is 1. The lowest BCUT2D eigenvalue weighted by Crippen LogP contribution is -2.53. The number of nitrogens with zero attached hydrogens (tertiary/aromatic N) is 4. The molecule has 2 N–H and O–H groups in total. The first-order valence-corrected chi connectivity index (χ1v) is 7.19. The van der Waals surface area contributed by atoms with Crippen LogP contribution in [0, 0.1) is 12.7 Å². The highest BCUT2D eigenvalue weighted by atomic mass is 35.5. The maximum atomic E-state index is 13.5. The Morgan fingerprint density at radius 3 is 2.74 bits per heavy atom. The van der Waals surface area contributed by atoms with Crippen LogP contribution in [0.2, 0.25) is 5.02 Å². The third-order valence-corrected chi connectivity index (χ3v) is 3.97. The van der Waals surface area contributed by atoms with Gasteiger partial charge in [0.15, 0.2) is 5.82 Å². The molecule has 0 spiro atoms. The Hall–Kier alpha value is -2.48. The fourth-order valence-corrected chi connectivity index (χ4v) is 2.84. The Balaban J connectivity index is 1.99. The number of primary amides is 1. The number of carbonyl (C=O) groups excluding carboxylic acids is 2. The summed E-state index contributed by atoms with van der Waals surface area (Å²) in [6.07, 6.45) is 0. The number of amides is 2. The van der Waals surface area contributed by atoms with Crippen LogP contribution < -0.4 is 5.73 Å². The Kier molecular flexibility index (Phi) is 3.77. The molecule has 9 heteroatoms. The Labute approximate surface area is 135 Å². The van der Waals surface area contributed by atoms with Crippen LogP contribution in [0.5, 0.6) is 0 Å². The molecule has 2 aromatic rings. The molecule has 1 aliphatic heterocycles. The molecular formula is C14H13ClFN5O2. The number of rotatable bonds is 2. The summed E-state index contributed by atoms with van der Waals surface area (Å²) in [4.78, 5) is 25.7. The molecule has 0 aliphatic carbocycles. The zero-order chi connectivity index (χ0) is 16.7. The molecule has 120 valence electrons. The lowest BCUT2D eigenvalue weighted by Gasteiger charge is -2.34. The second-order valence-electron chi connectivity index (χ2n) is 5.28. The number of carbonyl (C=O) groups is 2. The summed E-state index contributed by atoms with van der Waals surface area (Å²) in [5.41, 5.74) is 5.47. The highest BCUT2D eigenvalue weighted by Crippen LogP contribution is 2.22. The summed E-state index contributed by atoms with van der Waals surface area (Å²) < 4.78 is 15.2. The molecule has 0 bridgehead atoms. The minimum atomic E-state index is -0.869. The minimum Gasteiger partial charge on any atom is -0.368 e. The normalized spacial score (nSPS) is 17.0. The molecule has 0 saturated heterocycles. The number of aryl methyl sites for hydroxylation is 1. The van der Waals surface area contributed by atoms with Crippen molar-refractivity contribution in [2.24, 2.45) is 5.73 Å². The van der Waals surface area contributed by atoms with Crippen molar-refractivity contribution in [3.05, 3.63) is 46.3 Å². The van der Waals surface area contributed by atoms with E-state index < -0.39 is 23.7 Å². The van der Waals surface area contributed by atoms with Gasteiger partial charge in [0, 0.05) is 10.6 Å². The van der Waals surface area contributed by atoms with Gasteiger partial charge < -0.3 is 15.2 Å². The van der Waals surface area contributed by atoms with E-state index in [4.69, 9.17) is 17.3 Å². The number of hydrogen-bond acceptors (Lipinski definition) is 4. The van der Waals surface area contributed by atoms with E-state index in [0.29, 0.717) is 11.6 Å². The van der Waals surface area contributed by atoms with Gasteiger partial charge in [-0.3, -0.25) is 9.59 Å². The van der Waals surface area contributed by atoms with Gasteiger partial charge in [-0.25, -0.2) is 4.39 Å². The first-order chi connectivity index (χ1) is 10.9.